The maximum Gasteiger partial charge on any atom is 0.0631 e. The first-order valence-corrected chi connectivity index (χ1v) is 8.44. The van der Waals surface area contributed by atoms with Gasteiger partial charge in [-0.1, -0.05) is 38.3 Å². The van der Waals surface area contributed by atoms with Crippen LogP contribution in [0.1, 0.15) is 65.7 Å². The molecule has 3 saturated carbocycles. The van der Waals surface area contributed by atoms with Crippen LogP contribution in [0.2, 0.25) is 5.21 Å². The molecule has 2 heteroatoms. The number of rotatable bonds is 4. The molecule has 0 spiro atoms. The Kier molecular flexibility index (Phi) is 3.39. The smallest absolute Gasteiger partial charge is 0.0631 e. The van der Waals surface area contributed by atoms with Gasteiger partial charge in [-0.2, -0.15) is 0 Å². The standard InChI is InChI=1S/C17H28B2/c1-4-7-16(2,3)17(18,19)13-9-14-11-5-6-12(8-11)15(14)10-13/h11-15H,4-10H2,1-3H3. The van der Waals surface area contributed by atoms with Crippen molar-refractivity contribution in [1.82, 2.24) is 0 Å². The lowest BCUT2D eigenvalue weighted by Crippen LogP contribution is -2.38. The second-order valence-corrected chi connectivity index (χ2v) is 8.40. The summed E-state index contributed by atoms with van der Waals surface area (Å²) in [6.45, 7) is 6.79. The van der Waals surface area contributed by atoms with Crippen LogP contribution in [-0.2, 0) is 0 Å². The van der Waals surface area contributed by atoms with Crippen LogP contribution in [0.25, 0.3) is 0 Å². The molecule has 0 aromatic heterocycles. The molecular formula is C17H28B2. The van der Waals surface area contributed by atoms with E-state index in [2.05, 4.69) is 20.8 Å². The van der Waals surface area contributed by atoms with Gasteiger partial charge in [0.15, 0.2) is 0 Å². The Morgan fingerprint density at radius 1 is 0.947 bits per heavy atom. The third-order valence-electron chi connectivity index (χ3n) is 7.11. The molecule has 0 aliphatic heterocycles. The molecule has 4 atom stereocenters. The molecule has 19 heavy (non-hydrogen) atoms. The number of hydrogen-bond donors (Lipinski definition) is 0. The molecule has 3 aliphatic rings. The summed E-state index contributed by atoms with van der Waals surface area (Å²) in [7, 11) is 13.4. The van der Waals surface area contributed by atoms with Crippen molar-refractivity contribution in [2.45, 2.75) is 70.9 Å². The minimum absolute atomic E-state index is 0.0596. The van der Waals surface area contributed by atoms with E-state index in [1.165, 1.54) is 38.5 Å². The minimum atomic E-state index is -0.479. The normalized spacial score (nSPS) is 41.7. The van der Waals surface area contributed by atoms with Gasteiger partial charge in [-0.05, 0) is 67.6 Å². The van der Waals surface area contributed by atoms with Crippen molar-refractivity contribution in [3.8, 4) is 0 Å². The van der Waals surface area contributed by atoms with E-state index in [1.807, 2.05) is 0 Å². The van der Waals surface area contributed by atoms with E-state index in [9.17, 15) is 0 Å². The van der Waals surface area contributed by atoms with Crippen LogP contribution in [0, 0.1) is 35.0 Å². The number of hydrogen-bond acceptors (Lipinski definition) is 0. The zero-order chi connectivity index (χ0) is 13.8. The van der Waals surface area contributed by atoms with Crippen LogP contribution in [0.4, 0.5) is 0 Å². The molecule has 0 nitrogen and oxygen atoms in total. The van der Waals surface area contributed by atoms with Gasteiger partial charge >= 0.3 is 0 Å². The lowest BCUT2D eigenvalue weighted by atomic mass is 9.37. The largest absolute Gasteiger partial charge is 0.0913 e. The lowest BCUT2D eigenvalue weighted by molar-refractivity contribution is 0.205. The van der Waals surface area contributed by atoms with Crippen molar-refractivity contribution in [3.05, 3.63) is 0 Å². The van der Waals surface area contributed by atoms with Crippen molar-refractivity contribution in [1.29, 1.82) is 0 Å². The second-order valence-electron chi connectivity index (χ2n) is 8.40. The van der Waals surface area contributed by atoms with Crippen LogP contribution in [0.15, 0.2) is 0 Å². The Hall–Kier alpha value is 0.130. The van der Waals surface area contributed by atoms with Crippen LogP contribution in [-0.4, -0.2) is 15.7 Å². The summed E-state index contributed by atoms with van der Waals surface area (Å²) in [5.41, 5.74) is 0.0596. The zero-order valence-corrected chi connectivity index (χ0v) is 13.0. The maximum atomic E-state index is 6.68. The highest BCUT2D eigenvalue weighted by Crippen LogP contribution is 2.65. The summed E-state index contributed by atoms with van der Waals surface area (Å²) in [4.78, 5) is 0. The molecule has 3 aliphatic carbocycles. The van der Waals surface area contributed by atoms with Crippen LogP contribution in [0.3, 0.4) is 0 Å². The van der Waals surface area contributed by atoms with E-state index in [4.69, 9.17) is 15.7 Å². The first-order chi connectivity index (χ1) is 8.87. The lowest BCUT2D eigenvalue weighted by Gasteiger charge is -2.48. The quantitative estimate of drug-likeness (QED) is 0.654. The molecule has 0 saturated heterocycles. The van der Waals surface area contributed by atoms with Gasteiger partial charge in [-0.15, -0.1) is 0 Å². The fraction of sp³-hybridized carbons (Fsp3) is 1.00. The molecule has 3 rings (SSSR count). The summed E-state index contributed by atoms with van der Waals surface area (Å²) in [6.07, 6.45) is 9.42. The maximum absolute atomic E-state index is 6.68. The summed E-state index contributed by atoms with van der Waals surface area (Å²) in [5, 5.41) is -0.479. The van der Waals surface area contributed by atoms with Crippen molar-refractivity contribution in [3.63, 3.8) is 0 Å². The summed E-state index contributed by atoms with van der Waals surface area (Å²) in [5.74, 6) is 4.52. The van der Waals surface area contributed by atoms with Crippen molar-refractivity contribution < 1.29 is 0 Å². The van der Waals surface area contributed by atoms with Gasteiger partial charge in [-0.25, -0.2) is 0 Å². The van der Waals surface area contributed by atoms with E-state index >= 15 is 0 Å². The Bertz CT molecular complexity index is 329. The van der Waals surface area contributed by atoms with E-state index < -0.39 is 5.21 Å². The Morgan fingerprint density at radius 2 is 1.47 bits per heavy atom. The van der Waals surface area contributed by atoms with Crippen molar-refractivity contribution >= 4 is 15.7 Å². The van der Waals surface area contributed by atoms with Crippen molar-refractivity contribution in [2.75, 3.05) is 0 Å². The van der Waals surface area contributed by atoms with Crippen molar-refractivity contribution in [2.24, 2.45) is 35.0 Å². The molecule has 0 amide bonds. The first kappa shape index (κ1) is 14.1. The fourth-order valence-corrected chi connectivity index (χ4v) is 5.80. The highest BCUT2D eigenvalue weighted by molar-refractivity contribution is 6.40. The Morgan fingerprint density at radius 3 is 1.95 bits per heavy atom. The highest BCUT2D eigenvalue weighted by atomic mass is 14.6. The number of fused-ring (bicyclic) bond motifs is 5. The topological polar surface area (TPSA) is 0 Å². The molecule has 0 heterocycles. The molecule has 0 N–H and O–H groups in total. The second kappa shape index (κ2) is 4.57. The summed E-state index contributed by atoms with van der Waals surface area (Å²) >= 11 is 0. The molecular weight excluding hydrogens is 226 g/mol. The monoisotopic (exact) mass is 254 g/mol. The Labute approximate surface area is 122 Å². The minimum Gasteiger partial charge on any atom is -0.0913 e. The zero-order valence-electron chi connectivity index (χ0n) is 13.0. The molecule has 0 aromatic carbocycles. The van der Waals surface area contributed by atoms with E-state index in [0.29, 0.717) is 5.92 Å². The van der Waals surface area contributed by atoms with Gasteiger partial charge in [0.25, 0.3) is 0 Å². The van der Waals surface area contributed by atoms with Crippen LogP contribution < -0.4 is 0 Å². The van der Waals surface area contributed by atoms with Crippen LogP contribution >= 0.6 is 0 Å². The molecule has 102 valence electrons. The average molecular weight is 254 g/mol. The third-order valence-corrected chi connectivity index (χ3v) is 7.11. The van der Waals surface area contributed by atoms with Gasteiger partial charge in [0, 0.05) is 0 Å². The van der Waals surface area contributed by atoms with Gasteiger partial charge < -0.3 is 0 Å². The predicted octanol–water partition coefficient (Wildman–Crippen LogP) is 4.34. The fourth-order valence-electron chi connectivity index (χ4n) is 5.80. The molecule has 2 bridgehead atoms. The average Bonchev–Trinajstić information content (AvgIpc) is 3.01. The summed E-state index contributed by atoms with van der Waals surface area (Å²) < 4.78 is 0. The van der Waals surface area contributed by atoms with Gasteiger partial charge in [0.2, 0.25) is 0 Å². The first-order valence-electron chi connectivity index (χ1n) is 8.44. The predicted molar refractivity (Wildman–Crippen MR) is 83.4 cm³/mol. The molecule has 4 unspecified atom stereocenters. The van der Waals surface area contributed by atoms with Gasteiger partial charge in [0.1, 0.15) is 0 Å². The third kappa shape index (κ3) is 2.04. The van der Waals surface area contributed by atoms with Gasteiger partial charge in [-0.3, -0.25) is 0 Å². The highest BCUT2D eigenvalue weighted by Gasteiger charge is 2.55. The molecule has 3 fully saturated rings. The van der Waals surface area contributed by atoms with E-state index in [0.717, 1.165) is 30.1 Å². The van der Waals surface area contributed by atoms with E-state index in [1.54, 1.807) is 0 Å². The molecule has 4 radical (unpaired) electrons. The Balaban J connectivity index is 1.74. The van der Waals surface area contributed by atoms with E-state index in [-0.39, 0.29) is 5.41 Å². The van der Waals surface area contributed by atoms with Crippen LogP contribution in [0.5, 0.6) is 0 Å². The van der Waals surface area contributed by atoms with Gasteiger partial charge in [0.05, 0.1) is 15.7 Å². The molecule has 0 aromatic rings. The summed E-state index contributed by atoms with van der Waals surface area (Å²) in [6, 6.07) is 0. The SMILES string of the molecule is [B]C([B])(C1CC2C3CCC(C3)C2C1)C(C)(C)CCC.